The van der Waals surface area contributed by atoms with Crippen LogP contribution in [-0.2, 0) is 0 Å². The number of carbonyl (C=O) groups is 1. The predicted octanol–water partition coefficient (Wildman–Crippen LogP) is 3.91. The Morgan fingerprint density at radius 3 is 3.00 bits per heavy atom. The van der Waals surface area contributed by atoms with E-state index < -0.39 is 0 Å². The Morgan fingerprint density at radius 1 is 1.55 bits per heavy atom. The molecule has 0 saturated heterocycles. The molecule has 1 heterocycles. The first-order chi connectivity index (χ1) is 9.56. The molecule has 1 saturated carbocycles. The van der Waals surface area contributed by atoms with E-state index in [0.717, 1.165) is 22.5 Å². The van der Waals surface area contributed by atoms with E-state index in [0.29, 0.717) is 21.5 Å². The number of hydrogen-bond acceptors (Lipinski definition) is 3. The van der Waals surface area contributed by atoms with Crippen LogP contribution in [-0.4, -0.2) is 12.5 Å². The molecular weight excluding hydrogens is 292 g/mol. The number of hydrogen-bond donors (Lipinski definition) is 2. The molecule has 0 aliphatic heterocycles. The number of halogens is 1. The van der Waals surface area contributed by atoms with Crippen molar-refractivity contribution in [1.82, 2.24) is 5.32 Å². The maximum Gasteiger partial charge on any atom is 0.263 e. The summed E-state index contributed by atoms with van der Waals surface area (Å²) in [6.07, 6.45) is 2.58. The van der Waals surface area contributed by atoms with Crippen molar-refractivity contribution in [3.63, 3.8) is 0 Å². The number of thiophene rings is 1. The van der Waals surface area contributed by atoms with Crippen LogP contribution in [0.3, 0.4) is 0 Å². The molecule has 3 N–H and O–H groups in total. The van der Waals surface area contributed by atoms with Gasteiger partial charge in [-0.05, 0) is 42.9 Å². The molecule has 1 atom stereocenters. The van der Waals surface area contributed by atoms with Crippen molar-refractivity contribution in [2.24, 2.45) is 11.8 Å². The lowest BCUT2D eigenvalue weighted by molar-refractivity contribution is 0.0951. The second-order valence-corrected chi connectivity index (χ2v) is 7.00. The monoisotopic (exact) mass is 308 g/mol. The first-order valence-electron chi connectivity index (χ1n) is 6.82. The summed E-state index contributed by atoms with van der Waals surface area (Å²) in [5.74, 6) is 1.25. The van der Waals surface area contributed by atoms with E-state index in [9.17, 15) is 4.79 Å². The number of benzene rings is 1. The quantitative estimate of drug-likeness (QED) is 0.899. The lowest BCUT2D eigenvalue weighted by atomic mass is 10.1. The van der Waals surface area contributed by atoms with Crippen LogP contribution >= 0.6 is 22.9 Å². The molecule has 3 nitrogen and oxygen atoms in total. The largest absolute Gasteiger partial charge is 0.397 e. The van der Waals surface area contributed by atoms with Crippen LogP contribution in [0.2, 0.25) is 5.02 Å². The molecule has 1 amide bonds. The third kappa shape index (κ3) is 2.63. The molecule has 0 spiro atoms. The van der Waals surface area contributed by atoms with Gasteiger partial charge in [0.05, 0.1) is 5.69 Å². The number of nitrogen functional groups attached to an aromatic ring is 1. The zero-order chi connectivity index (χ0) is 14.3. The first-order valence-corrected chi connectivity index (χ1v) is 8.01. The minimum absolute atomic E-state index is 0.0766. The van der Waals surface area contributed by atoms with Gasteiger partial charge in [0.1, 0.15) is 4.88 Å². The zero-order valence-corrected chi connectivity index (χ0v) is 12.9. The third-order valence-electron chi connectivity index (χ3n) is 3.91. The van der Waals surface area contributed by atoms with E-state index in [1.807, 2.05) is 18.2 Å². The van der Waals surface area contributed by atoms with Crippen LogP contribution in [0.4, 0.5) is 5.69 Å². The Kier molecular flexibility index (Phi) is 3.61. The van der Waals surface area contributed by atoms with Gasteiger partial charge in [0.2, 0.25) is 0 Å². The summed E-state index contributed by atoms with van der Waals surface area (Å²) >= 11 is 7.39. The number of rotatable bonds is 4. The van der Waals surface area contributed by atoms with Crippen LogP contribution < -0.4 is 11.1 Å². The molecule has 5 heteroatoms. The summed E-state index contributed by atoms with van der Waals surface area (Å²) in [6.45, 7) is 2.91. The Bertz CT molecular complexity index is 663. The fraction of sp³-hybridized carbons (Fsp3) is 0.400. The number of nitrogens with two attached hydrogens (primary N) is 1. The highest BCUT2D eigenvalue weighted by atomic mass is 35.5. The van der Waals surface area contributed by atoms with Crippen molar-refractivity contribution in [1.29, 1.82) is 0 Å². The molecule has 0 radical (unpaired) electrons. The highest BCUT2D eigenvalue weighted by molar-refractivity contribution is 7.21. The fourth-order valence-corrected chi connectivity index (χ4v) is 3.62. The van der Waals surface area contributed by atoms with Crippen molar-refractivity contribution in [2.45, 2.75) is 19.8 Å². The summed E-state index contributed by atoms with van der Waals surface area (Å²) in [6, 6.07) is 5.53. The van der Waals surface area contributed by atoms with E-state index in [1.54, 1.807) is 0 Å². The Hall–Kier alpha value is -1.26. The Morgan fingerprint density at radius 2 is 2.30 bits per heavy atom. The van der Waals surface area contributed by atoms with Crippen LogP contribution in [0.25, 0.3) is 10.1 Å². The number of amides is 1. The molecular formula is C15H17ClN2OS. The van der Waals surface area contributed by atoms with Gasteiger partial charge in [-0.25, -0.2) is 0 Å². The molecule has 1 aliphatic rings. The van der Waals surface area contributed by atoms with Crippen molar-refractivity contribution in [3.8, 4) is 0 Å². The van der Waals surface area contributed by atoms with Crippen molar-refractivity contribution >= 4 is 44.6 Å². The van der Waals surface area contributed by atoms with Crippen LogP contribution in [0.5, 0.6) is 0 Å². The minimum Gasteiger partial charge on any atom is -0.397 e. The molecule has 1 aromatic carbocycles. The summed E-state index contributed by atoms with van der Waals surface area (Å²) in [5.41, 5.74) is 6.61. The van der Waals surface area contributed by atoms with Gasteiger partial charge >= 0.3 is 0 Å². The Labute approximate surface area is 127 Å². The number of fused-ring (bicyclic) bond motifs is 1. The number of nitrogens with one attached hydrogen (secondary N) is 1. The SMILES string of the molecule is CC(CNC(=O)c1sc2ccc(Cl)cc2c1N)C1CC1. The van der Waals surface area contributed by atoms with Crippen LogP contribution in [0.15, 0.2) is 18.2 Å². The van der Waals surface area contributed by atoms with Crippen LogP contribution in [0, 0.1) is 11.8 Å². The maximum absolute atomic E-state index is 12.3. The van der Waals surface area contributed by atoms with Crippen molar-refractivity contribution in [3.05, 3.63) is 28.1 Å². The van der Waals surface area contributed by atoms with E-state index in [4.69, 9.17) is 17.3 Å². The molecule has 1 aliphatic carbocycles. The second-order valence-electron chi connectivity index (χ2n) is 5.51. The normalized spacial score (nSPS) is 16.3. The fourth-order valence-electron chi connectivity index (χ4n) is 2.42. The van der Waals surface area contributed by atoms with Gasteiger partial charge in [-0.1, -0.05) is 18.5 Å². The van der Waals surface area contributed by atoms with Crippen molar-refractivity contribution in [2.75, 3.05) is 12.3 Å². The highest BCUT2D eigenvalue weighted by Crippen LogP contribution is 2.37. The molecule has 20 heavy (non-hydrogen) atoms. The highest BCUT2D eigenvalue weighted by Gasteiger charge is 2.28. The predicted molar refractivity (Wildman–Crippen MR) is 85.5 cm³/mol. The lowest BCUT2D eigenvalue weighted by Crippen LogP contribution is -2.28. The molecule has 1 fully saturated rings. The molecule has 106 valence electrons. The first kappa shape index (κ1) is 13.7. The van der Waals surface area contributed by atoms with E-state index in [-0.39, 0.29) is 5.91 Å². The third-order valence-corrected chi connectivity index (χ3v) is 5.33. The van der Waals surface area contributed by atoms with Gasteiger partial charge in [-0.2, -0.15) is 0 Å². The lowest BCUT2D eigenvalue weighted by Gasteiger charge is -2.10. The van der Waals surface area contributed by atoms with Gasteiger partial charge < -0.3 is 11.1 Å². The smallest absolute Gasteiger partial charge is 0.263 e. The molecule has 1 aromatic heterocycles. The molecule has 3 rings (SSSR count). The average Bonchev–Trinajstić information content (AvgIpc) is 3.22. The topological polar surface area (TPSA) is 55.1 Å². The second kappa shape index (κ2) is 5.26. The standard InChI is InChI=1S/C15H17ClN2OS/c1-8(9-2-3-9)7-18-15(19)14-13(17)11-6-10(16)4-5-12(11)20-14/h4-6,8-9H,2-3,7,17H2,1H3,(H,18,19). The molecule has 1 unspecified atom stereocenters. The van der Waals surface area contributed by atoms with Gasteiger partial charge in [-0.3, -0.25) is 4.79 Å². The van der Waals surface area contributed by atoms with E-state index in [1.165, 1.54) is 24.2 Å². The molecule has 2 aromatic rings. The Balaban J connectivity index is 1.78. The number of anilines is 1. The summed E-state index contributed by atoms with van der Waals surface area (Å²) in [7, 11) is 0. The average molecular weight is 309 g/mol. The summed E-state index contributed by atoms with van der Waals surface area (Å²) in [5, 5.41) is 4.49. The van der Waals surface area contributed by atoms with Crippen molar-refractivity contribution < 1.29 is 4.79 Å². The zero-order valence-electron chi connectivity index (χ0n) is 11.3. The van der Waals surface area contributed by atoms with Gasteiger partial charge in [0, 0.05) is 21.7 Å². The van der Waals surface area contributed by atoms with Gasteiger partial charge in [0.25, 0.3) is 5.91 Å². The van der Waals surface area contributed by atoms with Gasteiger partial charge in [-0.15, -0.1) is 11.3 Å². The van der Waals surface area contributed by atoms with Gasteiger partial charge in [0.15, 0.2) is 0 Å². The van der Waals surface area contributed by atoms with E-state index in [2.05, 4.69) is 12.2 Å². The molecule has 0 bridgehead atoms. The maximum atomic E-state index is 12.3. The summed E-state index contributed by atoms with van der Waals surface area (Å²) in [4.78, 5) is 12.8. The van der Waals surface area contributed by atoms with E-state index >= 15 is 0 Å². The number of carbonyl (C=O) groups excluding carboxylic acids is 1. The van der Waals surface area contributed by atoms with Crippen LogP contribution in [0.1, 0.15) is 29.4 Å². The minimum atomic E-state index is -0.0766. The summed E-state index contributed by atoms with van der Waals surface area (Å²) < 4.78 is 0.993.